The maximum Gasteiger partial charge on any atom is 0.270 e. The molecule has 0 unspecified atom stereocenters. The first kappa shape index (κ1) is 17.6. The fourth-order valence-electron chi connectivity index (χ4n) is 1.68. The lowest BCUT2D eigenvalue weighted by molar-refractivity contribution is -0.385. The van der Waals surface area contributed by atoms with E-state index in [-0.39, 0.29) is 11.6 Å². The van der Waals surface area contributed by atoms with Crippen molar-refractivity contribution in [2.75, 3.05) is 13.1 Å². The summed E-state index contributed by atoms with van der Waals surface area (Å²) in [6.07, 6.45) is 0.392. The van der Waals surface area contributed by atoms with Crippen molar-refractivity contribution in [3.05, 3.63) is 38.3 Å². The Morgan fingerprint density at radius 1 is 1.38 bits per heavy atom. The lowest BCUT2D eigenvalue weighted by Crippen LogP contribution is -2.30. The SMILES string of the molecule is CC(C)CNC(=O)CCNCc1cc(Br)cc([N+](=O)[O-])c1. The van der Waals surface area contributed by atoms with E-state index in [9.17, 15) is 14.9 Å². The molecule has 0 spiro atoms. The van der Waals surface area contributed by atoms with Gasteiger partial charge in [0, 0.05) is 42.7 Å². The number of hydrogen-bond donors (Lipinski definition) is 2. The molecule has 0 aliphatic carbocycles. The number of carbonyl (C=O) groups excluding carboxylic acids is 1. The van der Waals surface area contributed by atoms with E-state index in [0.717, 1.165) is 5.56 Å². The van der Waals surface area contributed by atoms with Crippen molar-refractivity contribution in [3.63, 3.8) is 0 Å². The molecule has 21 heavy (non-hydrogen) atoms. The molecule has 0 aromatic heterocycles. The van der Waals surface area contributed by atoms with Crippen LogP contribution in [0.4, 0.5) is 5.69 Å². The van der Waals surface area contributed by atoms with Gasteiger partial charge in [-0.3, -0.25) is 14.9 Å². The summed E-state index contributed by atoms with van der Waals surface area (Å²) in [5, 5.41) is 16.7. The number of hydrogen-bond acceptors (Lipinski definition) is 4. The van der Waals surface area contributed by atoms with Crippen molar-refractivity contribution in [2.24, 2.45) is 5.92 Å². The van der Waals surface area contributed by atoms with Gasteiger partial charge < -0.3 is 10.6 Å². The maximum atomic E-state index is 11.5. The third-order valence-electron chi connectivity index (χ3n) is 2.72. The van der Waals surface area contributed by atoms with Crippen LogP contribution in [0.5, 0.6) is 0 Å². The highest BCUT2D eigenvalue weighted by atomic mass is 79.9. The second-order valence-corrected chi connectivity index (χ2v) is 6.12. The lowest BCUT2D eigenvalue weighted by atomic mass is 10.2. The Balaban J connectivity index is 2.36. The van der Waals surface area contributed by atoms with E-state index in [0.29, 0.717) is 36.4 Å². The molecule has 0 radical (unpaired) electrons. The number of nitro benzene ring substituents is 1. The minimum absolute atomic E-state index is 0.0106. The van der Waals surface area contributed by atoms with Crippen LogP contribution in [-0.4, -0.2) is 23.9 Å². The lowest BCUT2D eigenvalue weighted by Gasteiger charge is -2.08. The van der Waals surface area contributed by atoms with Crippen molar-refractivity contribution < 1.29 is 9.72 Å². The molecule has 0 saturated carbocycles. The third-order valence-corrected chi connectivity index (χ3v) is 3.18. The van der Waals surface area contributed by atoms with Crippen LogP contribution in [0.2, 0.25) is 0 Å². The number of nitrogens with zero attached hydrogens (tertiary/aromatic N) is 1. The van der Waals surface area contributed by atoms with Gasteiger partial charge in [0.15, 0.2) is 0 Å². The maximum absolute atomic E-state index is 11.5. The average molecular weight is 358 g/mol. The monoisotopic (exact) mass is 357 g/mol. The highest BCUT2D eigenvalue weighted by molar-refractivity contribution is 9.10. The largest absolute Gasteiger partial charge is 0.356 e. The summed E-state index contributed by atoms with van der Waals surface area (Å²) in [5.74, 6) is 0.445. The second kappa shape index (κ2) is 8.74. The number of nitro groups is 1. The van der Waals surface area contributed by atoms with Crippen molar-refractivity contribution >= 4 is 27.5 Å². The Morgan fingerprint density at radius 3 is 2.71 bits per heavy atom. The van der Waals surface area contributed by atoms with Gasteiger partial charge in [-0.1, -0.05) is 29.8 Å². The summed E-state index contributed by atoms with van der Waals surface area (Å²) in [6, 6.07) is 4.80. The normalized spacial score (nSPS) is 10.7. The Bertz CT molecular complexity index is 506. The molecule has 0 heterocycles. The molecule has 6 nitrogen and oxygen atoms in total. The van der Waals surface area contributed by atoms with Gasteiger partial charge in [0.2, 0.25) is 5.91 Å². The van der Waals surface area contributed by atoms with E-state index in [4.69, 9.17) is 0 Å². The van der Waals surface area contributed by atoms with E-state index < -0.39 is 4.92 Å². The fourth-order valence-corrected chi connectivity index (χ4v) is 2.21. The average Bonchev–Trinajstić information content (AvgIpc) is 2.40. The molecule has 0 aliphatic rings. The number of halogens is 1. The summed E-state index contributed by atoms with van der Waals surface area (Å²) in [7, 11) is 0. The number of nitrogens with one attached hydrogen (secondary N) is 2. The third kappa shape index (κ3) is 7.19. The predicted molar refractivity (Wildman–Crippen MR) is 85.0 cm³/mol. The molecule has 0 fully saturated rings. The molecule has 0 aliphatic heterocycles. The Morgan fingerprint density at radius 2 is 2.10 bits per heavy atom. The molecular weight excluding hydrogens is 338 g/mol. The zero-order valence-corrected chi connectivity index (χ0v) is 13.8. The minimum Gasteiger partial charge on any atom is -0.356 e. The molecule has 0 saturated heterocycles. The van der Waals surface area contributed by atoms with Gasteiger partial charge in [-0.2, -0.15) is 0 Å². The van der Waals surface area contributed by atoms with Crippen LogP contribution in [0.3, 0.4) is 0 Å². The first-order valence-electron chi connectivity index (χ1n) is 6.79. The van der Waals surface area contributed by atoms with Gasteiger partial charge in [-0.15, -0.1) is 0 Å². The van der Waals surface area contributed by atoms with Crippen molar-refractivity contribution in [2.45, 2.75) is 26.8 Å². The minimum atomic E-state index is -0.423. The van der Waals surface area contributed by atoms with Crippen LogP contribution >= 0.6 is 15.9 Å². The number of amides is 1. The fraction of sp³-hybridized carbons (Fsp3) is 0.500. The number of non-ortho nitro benzene ring substituents is 1. The highest BCUT2D eigenvalue weighted by Gasteiger charge is 2.08. The van der Waals surface area contributed by atoms with Gasteiger partial charge in [0.05, 0.1) is 4.92 Å². The van der Waals surface area contributed by atoms with Crippen molar-refractivity contribution in [1.82, 2.24) is 10.6 Å². The Labute approximate surface area is 132 Å². The molecule has 1 aromatic carbocycles. The van der Waals surface area contributed by atoms with Crippen LogP contribution < -0.4 is 10.6 Å². The number of rotatable bonds is 8. The van der Waals surface area contributed by atoms with E-state index in [2.05, 4.69) is 26.6 Å². The summed E-state index contributed by atoms with van der Waals surface area (Å²) in [6.45, 7) is 5.77. The van der Waals surface area contributed by atoms with Crippen LogP contribution in [0, 0.1) is 16.0 Å². The Hall–Kier alpha value is -1.47. The summed E-state index contributed by atoms with van der Waals surface area (Å²) in [4.78, 5) is 21.8. The zero-order chi connectivity index (χ0) is 15.8. The van der Waals surface area contributed by atoms with E-state index >= 15 is 0 Å². The standard InChI is InChI=1S/C14H20BrN3O3/c1-10(2)8-17-14(19)3-4-16-9-11-5-12(15)7-13(6-11)18(20)21/h5-7,10,16H,3-4,8-9H2,1-2H3,(H,17,19). The van der Waals surface area contributed by atoms with Crippen LogP contribution in [0.15, 0.2) is 22.7 Å². The van der Waals surface area contributed by atoms with Crippen molar-refractivity contribution in [1.29, 1.82) is 0 Å². The number of benzene rings is 1. The molecule has 2 N–H and O–H groups in total. The van der Waals surface area contributed by atoms with E-state index in [1.165, 1.54) is 12.1 Å². The quantitative estimate of drug-likeness (QED) is 0.425. The van der Waals surface area contributed by atoms with Gasteiger partial charge >= 0.3 is 0 Å². The summed E-state index contributed by atoms with van der Waals surface area (Å²) >= 11 is 3.25. The molecule has 1 amide bonds. The molecule has 0 bridgehead atoms. The van der Waals surface area contributed by atoms with Crippen molar-refractivity contribution in [3.8, 4) is 0 Å². The van der Waals surface area contributed by atoms with Gasteiger partial charge in [0.1, 0.15) is 0 Å². The molecule has 1 rings (SSSR count). The van der Waals surface area contributed by atoms with Crippen LogP contribution in [-0.2, 0) is 11.3 Å². The second-order valence-electron chi connectivity index (χ2n) is 5.20. The number of carbonyl (C=O) groups is 1. The molecule has 0 atom stereocenters. The highest BCUT2D eigenvalue weighted by Crippen LogP contribution is 2.21. The smallest absolute Gasteiger partial charge is 0.270 e. The van der Waals surface area contributed by atoms with Crippen LogP contribution in [0.25, 0.3) is 0 Å². The summed E-state index contributed by atoms with van der Waals surface area (Å²) in [5.41, 5.74) is 0.856. The summed E-state index contributed by atoms with van der Waals surface area (Å²) < 4.78 is 0.670. The van der Waals surface area contributed by atoms with E-state index in [1.54, 1.807) is 0 Å². The van der Waals surface area contributed by atoms with Crippen LogP contribution in [0.1, 0.15) is 25.8 Å². The Kier molecular flexibility index (Phi) is 7.31. The topological polar surface area (TPSA) is 84.3 Å². The van der Waals surface area contributed by atoms with Gasteiger partial charge in [0.25, 0.3) is 5.69 Å². The molecule has 7 heteroatoms. The first-order valence-corrected chi connectivity index (χ1v) is 7.59. The predicted octanol–water partition coefficient (Wildman–Crippen LogP) is 2.61. The molecular formula is C14H20BrN3O3. The molecule has 116 valence electrons. The first-order chi connectivity index (χ1) is 9.88. The zero-order valence-electron chi connectivity index (χ0n) is 12.2. The van der Waals surface area contributed by atoms with Gasteiger partial charge in [-0.05, 0) is 17.5 Å². The van der Waals surface area contributed by atoms with E-state index in [1.807, 2.05) is 19.9 Å². The molecule has 1 aromatic rings. The van der Waals surface area contributed by atoms with Gasteiger partial charge in [-0.25, -0.2) is 0 Å².